The molecule has 0 aliphatic rings. The Morgan fingerprint density at radius 1 is 1.39 bits per heavy atom. The molecule has 1 aromatic heterocycles. The fourth-order valence-electron chi connectivity index (χ4n) is 2.53. The minimum Gasteiger partial charge on any atom is -0.389 e. The van der Waals surface area contributed by atoms with Crippen LogP contribution in [-0.2, 0) is 11.2 Å². The van der Waals surface area contributed by atoms with Crippen molar-refractivity contribution in [3.8, 4) is 5.69 Å². The normalized spacial score (nSPS) is 12.2. The van der Waals surface area contributed by atoms with Gasteiger partial charge in [-0.1, -0.05) is 25.1 Å². The molecule has 2 rings (SSSR count). The summed E-state index contributed by atoms with van der Waals surface area (Å²) in [6.45, 7) is 2.40. The maximum Gasteiger partial charge on any atom is 0.257 e. The second-order valence-electron chi connectivity index (χ2n) is 5.40. The third kappa shape index (κ3) is 3.97. The summed E-state index contributed by atoms with van der Waals surface area (Å²) >= 11 is 0. The number of benzene rings is 1. The van der Waals surface area contributed by atoms with Gasteiger partial charge in [-0.05, 0) is 18.6 Å². The van der Waals surface area contributed by atoms with Crippen molar-refractivity contribution < 1.29 is 14.6 Å². The van der Waals surface area contributed by atoms with Crippen LogP contribution in [-0.4, -0.2) is 59.1 Å². The average molecular weight is 317 g/mol. The van der Waals surface area contributed by atoms with Gasteiger partial charge in [0.25, 0.3) is 5.91 Å². The minimum atomic E-state index is -0.705. The quantitative estimate of drug-likeness (QED) is 0.840. The molecular formula is C17H23N3O3. The summed E-state index contributed by atoms with van der Waals surface area (Å²) in [5.41, 5.74) is 2.34. The summed E-state index contributed by atoms with van der Waals surface area (Å²) in [7, 11) is 3.19. The van der Waals surface area contributed by atoms with E-state index in [0.717, 1.165) is 11.4 Å². The number of amides is 1. The number of hydrogen-bond donors (Lipinski definition) is 1. The number of carbonyl (C=O) groups is 1. The molecule has 0 aliphatic heterocycles. The van der Waals surface area contributed by atoms with Crippen molar-refractivity contribution >= 4 is 5.91 Å². The molecule has 1 heterocycles. The fraction of sp³-hybridized carbons (Fsp3) is 0.412. The Morgan fingerprint density at radius 3 is 2.70 bits per heavy atom. The van der Waals surface area contributed by atoms with Gasteiger partial charge in [0.15, 0.2) is 0 Å². The predicted octanol–water partition coefficient (Wildman–Crippen LogP) is 1.51. The van der Waals surface area contributed by atoms with E-state index in [1.54, 1.807) is 17.9 Å². The maximum absolute atomic E-state index is 12.6. The number of aliphatic hydroxyl groups is 1. The van der Waals surface area contributed by atoms with E-state index in [4.69, 9.17) is 4.74 Å². The lowest BCUT2D eigenvalue weighted by molar-refractivity contribution is 0.0380. The molecule has 0 saturated carbocycles. The van der Waals surface area contributed by atoms with E-state index in [2.05, 4.69) is 5.10 Å². The third-order valence-electron chi connectivity index (χ3n) is 3.63. The van der Waals surface area contributed by atoms with Crippen molar-refractivity contribution in [2.45, 2.75) is 19.4 Å². The molecule has 0 spiro atoms. The topological polar surface area (TPSA) is 67.6 Å². The van der Waals surface area contributed by atoms with E-state index in [1.165, 1.54) is 12.0 Å². The lowest BCUT2D eigenvalue weighted by Gasteiger charge is -2.20. The van der Waals surface area contributed by atoms with Crippen LogP contribution >= 0.6 is 0 Å². The number of rotatable bonds is 7. The monoisotopic (exact) mass is 317 g/mol. The number of carbonyl (C=O) groups excluding carboxylic acids is 1. The molecule has 0 bridgehead atoms. The zero-order valence-electron chi connectivity index (χ0n) is 13.8. The molecule has 0 fully saturated rings. The Balaban J connectivity index is 2.23. The van der Waals surface area contributed by atoms with Gasteiger partial charge < -0.3 is 14.7 Å². The molecule has 6 nitrogen and oxygen atoms in total. The highest BCUT2D eigenvalue weighted by Crippen LogP contribution is 2.17. The van der Waals surface area contributed by atoms with Gasteiger partial charge >= 0.3 is 0 Å². The Hall–Kier alpha value is -2.18. The molecule has 6 heteroatoms. The molecule has 0 aliphatic carbocycles. The van der Waals surface area contributed by atoms with Crippen LogP contribution in [0.3, 0.4) is 0 Å². The van der Waals surface area contributed by atoms with Crippen molar-refractivity contribution in [1.82, 2.24) is 14.7 Å². The lowest BCUT2D eigenvalue weighted by Crippen LogP contribution is -2.36. The van der Waals surface area contributed by atoms with Gasteiger partial charge in [0, 0.05) is 20.7 Å². The summed E-state index contributed by atoms with van der Waals surface area (Å²) in [5, 5.41) is 14.1. The van der Waals surface area contributed by atoms with Crippen LogP contribution in [0.1, 0.15) is 23.0 Å². The molecule has 1 amide bonds. The van der Waals surface area contributed by atoms with Crippen molar-refractivity contribution in [1.29, 1.82) is 0 Å². The molecule has 1 atom stereocenters. The van der Waals surface area contributed by atoms with E-state index in [-0.39, 0.29) is 19.1 Å². The molecule has 0 saturated heterocycles. The first-order valence-corrected chi connectivity index (χ1v) is 7.63. The SMILES string of the molecule is CCc1c(C(=O)N(C)CC(O)COC)cnn1-c1ccccc1. The number of nitrogens with zero attached hydrogens (tertiary/aromatic N) is 3. The molecule has 1 aromatic carbocycles. The standard InChI is InChI=1S/C17H23N3O3/c1-4-16-15(17(22)19(2)11-14(21)12-23-3)10-18-20(16)13-8-6-5-7-9-13/h5-10,14,21H,4,11-12H2,1-3H3. The van der Waals surface area contributed by atoms with Gasteiger partial charge in [-0.3, -0.25) is 4.79 Å². The number of methoxy groups -OCH3 is 1. The van der Waals surface area contributed by atoms with Crippen molar-refractivity contribution in [3.05, 3.63) is 47.8 Å². The van der Waals surface area contributed by atoms with Gasteiger partial charge in [0.1, 0.15) is 0 Å². The summed E-state index contributed by atoms with van der Waals surface area (Å²) in [6.07, 6.45) is 1.57. The number of aromatic nitrogens is 2. The number of hydrogen-bond acceptors (Lipinski definition) is 4. The molecule has 23 heavy (non-hydrogen) atoms. The number of para-hydroxylation sites is 1. The van der Waals surface area contributed by atoms with E-state index in [0.29, 0.717) is 12.0 Å². The third-order valence-corrected chi connectivity index (χ3v) is 3.63. The molecule has 124 valence electrons. The zero-order valence-corrected chi connectivity index (χ0v) is 13.8. The van der Waals surface area contributed by atoms with Crippen LogP contribution < -0.4 is 0 Å². The van der Waals surface area contributed by atoms with Gasteiger partial charge in [-0.25, -0.2) is 4.68 Å². The van der Waals surface area contributed by atoms with E-state index in [1.807, 2.05) is 37.3 Å². The second-order valence-corrected chi connectivity index (χ2v) is 5.40. The number of likely N-dealkylation sites (N-methyl/N-ethyl adjacent to an activating group) is 1. The Morgan fingerprint density at radius 2 is 2.09 bits per heavy atom. The first-order valence-electron chi connectivity index (χ1n) is 7.63. The van der Waals surface area contributed by atoms with Gasteiger partial charge in [0.2, 0.25) is 0 Å². The Bertz CT molecular complexity index is 640. The minimum absolute atomic E-state index is 0.154. The largest absolute Gasteiger partial charge is 0.389 e. The lowest BCUT2D eigenvalue weighted by atomic mass is 10.1. The summed E-state index contributed by atoms with van der Waals surface area (Å²) in [5.74, 6) is -0.154. The summed E-state index contributed by atoms with van der Waals surface area (Å²) in [4.78, 5) is 14.1. The predicted molar refractivity (Wildman–Crippen MR) is 87.8 cm³/mol. The van der Waals surface area contributed by atoms with Gasteiger partial charge in [-0.15, -0.1) is 0 Å². The first-order chi connectivity index (χ1) is 11.1. The van der Waals surface area contributed by atoms with E-state index < -0.39 is 6.10 Å². The highest BCUT2D eigenvalue weighted by Gasteiger charge is 2.21. The van der Waals surface area contributed by atoms with E-state index >= 15 is 0 Å². The molecule has 0 radical (unpaired) electrons. The molecule has 1 N–H and O–H groups in total. The van der Waals surface area contributed by atoms with Crippen LogP contribution in [0.5, 0.6) is 0 Å². The Labute approximate surface area is 136 Å². The second kappa shape index (κ2) is 7.89. The van der Waals surface area contributed by atoms with Crippen molar-refractivity contribution in [2.24, 2.45) is 0 Å². The van der Waals surface area contributed by atoms with Crippen molar-refractivity contribution in [2.75, 3.05) is 27.3 Å². The summed E-state index contributed by atoms with van der Waals surface area (Å²) < 4.78 is 6.68. The molecule has 2 aromatic rings. The van der Waals surface area contributed by atoms with Crippen LogP contribution in [0.25, 0.3) is 5.69 Å². The number of ether oxygens (including phenoxy) is 1. The zero-order chi connectivity index (χ0) is 16.8. The van der Waals surface area contributed by atoms with Gasteiger partial charge in [-0.2, -0.15) is 5.10 Å². The van der Waals surface area contributed by atoms with Gasteiger partial charge in [0.05, 0.1) is 35.9 Å². The maximum atomic E-state index is 12.6. The molecular weight excluding hydrogens is 294 g/mol. The smallest absolute Gasteiger partial charge is 0.257 e. The fourth-order valence-corrected chi connectivity index (χ4v) is 2.53. The summed E-state index contributed by atoms with van der Waals surface area (Å²) in [6, 6.07) is 9.71. The van der Waals surface area contributed by atoms with Crippen LogP contribution in [0, 0.1) is 0 Å². The van der Waals surface area contributed by atoms with Crippen molar-refractivity contribution in [3.63, 3.8) is 0 Å². The highest BCUT2D eigenvalue weighted by molar-refractivity contribution is 5.95. The van der Waals surface area contributed by atoms with Crippen LogP contribution in [0.15, 0.2) is 36.5 Å². The molecule has 1 unspecified atom stereocenters. The van der Waals surface area contributed by atoms with Crippen LogP contribution in [0.4, 0.5) is 0 Å². The van der Waals surface area contributed by atoms with E-state index in [9.17, 15) is 9.90 Å². The number of aliphatic hydroxyl groups excluding tert-OH is 1. The van der Waals surface area contributed by atoms with Crippen LogP contribution in [0.2, 0.25) is 0 Å². The first kappa shape index (κ1) is 17.2. The average Bonchev–Trinajstić information content (AvgIpc) is 2.98. The highest BCUT2D eigenvalue weighted by atomic mass is 16.5. The Kier molecular flexibility index (Phi) is 5.90.